The van der Waals surface area contributed by atoms with Crippen molar-refractivity contribution in [2.75, 3.05) is 0 Å². The fraction of sp³-hybridized carbons (Fsp3) is 0.0833. The zero-order valence-corrected chi connectivity index (χ0v) is 8.22. The molecule has 0 saturated heterocycles. The Morgan fingerprint density at radius 3 is 2.53 bits per heavy atom. The van der Waals surface area contributed by atoms with E-state index in [0.717, 1.165) is 21.9 Å². The maximum atomic E-state index is 8.55. The summed E-state index contributed by atoms with van der Waals surface area (Å²) in [6.07, 6.45) is 1.94. The highest BCUT2D eigenvalue weighted by atomic mass is 16.4. The summed E-state index contributed by atoms with van der Waals surface area (Å²) < 4.78 is 0. The SMILES string of the molecule is [B]Cc1ccc(/C=N\O)c2ccccc12. The Morgan fingerprint density at radius 2 is 1.87 bits per heavy atom. The van der Waals surface area contributed by atoms with Crippen LogP contribution < -0.4 is 0 Å². The average molecular weight is 195 g/mol. The Kier molecular flexibility index (Phi) is 2.72. The van der Waals surface area contributed by atoms with E-state index in [0.29, 0.717) is 6.32 Å². The predicted octanol–water partition coefficient (Wildman–Crippen LogP) is 2.32. The lowest BCUT2D eigenvalue weighted by Crippen LogP contribution is -1.91. The first kappa shape index (κ1) is 9.78. The van der Waals surface area contributed by atoms with Crippen molar-refractivity contribution in [3.63, 3.8) is 0 Å². The molecule has 0 atom stereocenters. The normalized spacial score (nSPS) is 11.2. The molecule has 2 aromatic rings. The van der Waals surface area contributed by atoms with Crippen LogP contribution in [0.1, 0.15) is 11.1 Å². The first-order valence-electron chi connectivity index (χ1n) is 4.75. The van der Waals surface area contributed by atoms with E-state index in [1.165, 1.54) is 6.21 Å². The molecule has 2 nitrogen and oxygen atoms in total. The van der Waals surface area contributed by atoms with Crippen LogP contribution in [0.2, 0.25) is 0 Å². The van der Waals surface area contributed by atoms with Gasteiger partial charge in [0, 0.05) is 5.56 Å². The second-order valence-corrected chi connectivity index (χ2v) is 3.31. The molecule has 0 unspecified atom stereocenters. The molecule has 0 aliphatic rings. The summed E-state index contributed by atoms with van der Waals surface area (Å²) in [6.45, 7) is 0. The van der Waals surface area contributed by atoms with Gasteiger partial charge in [-0.05, 0) is 16.3 Å². The molecule has 0 saturated carbocycles. The van der Waals surface area contributed by atoms with Crippen molar-refractivity contribution in [3.8, 4) is 0 Å². The molecule has 3 heteroatoms. The van der Waals surface area contributed by atoms with Crippen molar-refractivity contribution in [2.45, 2.75) is 6.32 Å². The number of oxime groups is 1. The van der Waals surface area contributed by atoms with Gasteiger partial charge < -0.3 is 5.21 Å². The maximum absolute atomic E-state index is 8.55. The van der Waals surface area contributed by atoms with Crippen LogP contribution in [0, 0.1) is 0 Å². The van der Waals surface area contributed by atoms with Gasteiger partial charge in [-0.15, -0.1) is 0 Å². The van der Waals surface area contributed by atoms with E-state index >= 15 is 0 Å². The van der Waals surface area contributed by atoms with Crippen LogP contribution in [0.3, 0.4) is 0 Å². The van der Waals surface area contributed by atoms with Crippen LogP contribution in [-0.4, -0.2) is 19.3 Å². The Balaban J connectivity index is 2.77. The highest BCUT2D eigenvalue weighted by Crippen LogP contribution is 2.21. The lowest BCUT2D eigenvalue weighted by Gasteiger charge is -2.06. The second kappa shape index (κ2) is 4.17. The van der Waals surface area contributed by atoms with Gasteiger partial charge in [0.2, 0.25) is 0 Å². The Hall–Kier alpha value is -1.77. The molecule has 2 rings (SSSR count). The van der Waals surface area contributed by atoms with Crippen LogP contribution >= 0.6 is 0 Å². The summed E-state index contributed by atoms with van der Waals surface area (Å²) in [5, 5.41) is 13.8. The zero-order chi connectivity index (χ0) is 10.7. The highest BCUT2D eigenvalue weighted by molar-refractivity contribution is 6.11. The van der Waals surface area contributed by atoms with E-state index in [9.17, 15) is 0 Å². The van der Waals surface area contributed by atoms with Gasteiger partial charge in [0.15, 0.2) is 0 Å². The number of nitrogens with zero attached hydrogens (tertiary/aromatic N) is 1. The van der Waals surface area contributed by atoms with E-state index in [-0.39, 0.29) is 0 Å². The smallest absolute Gasteiger partial charge is 0.0740 e. The first-order chi connectivity index (χ1) is 7.36. The molecule has 0 aliphatic carbocycles. The topological polar surface area (TPSA) is 32.6 Å². The standard InChI is InChI=1S/C12H10BNO/c13-7-9-5-6-10(8-14-15)12-4-2-1-3-11(9)12/h1-6,8,15H,7H2/b14-8-. The second-order valence-electron chi connectivity index (χ2n) is 3.31. The molecule has 0 bridgehead atoms. The largest absolute Gasteiger partial charge is 0.411 e. The average Bonchev–Trinajstić information content (AvgIpc) is 2.30. The third-order valence-corrected chi connectivity index (χ3v) is 2.46. The van der Waals surface area contributed by atoms with E-state index in [1.807, 2.05) is 36.4 Å². The van der Waals surface area contributed by atoms with Crippen molar-refractivity contribution in [1.29, 1.82) is 0 Å². The highest BCUT2D eigenvalue weighted by Gasteiger charge is 2.02. The van der Waals surface area contributed by atoms with Crippen molar-refractivity contribution in [2.24, 2.45) is 5.16 Å². The van der Waals surface area contributed by atoms with E-state index in [4.69, 9.17) is 13.1 Å². The molecule has 0 fully saturated rings. The summed E-state index contributed by atoms with van der Waals surface area (Å²) >= 11 is 0. The summed E-state index contributed by atoms with van der Waals surface area (Å²) in [6, 6.07) is 11.8. The number of hydrogen-bond acceptors (Lipinski definition) is 2. The fourth-order valence-corrected chi connectivity index (χ4v) is 1.74. The maximum Gasteiger partial charge on any atom is 0.0740 e. The van der Waals surface area contributed by atoms with Crippen molar-refractivity contribution in [3.05, 3.63) is 47.5 Å². The van der Waals surface area contributed by atoms with Crippen molar-refractivity contribution >= 4 is 24.8 Å². The molecule has 15 heavy (non-hydrogen) atoms. The molecule has 2 aromatic carbocycles. The van der Waals surface area contributed by atoms with Gasteiger partial charge in [-0.1, -0.05) is 47.9 Å². The molecule has 72 valence electrons. The van der Waals surface area contributed by atoms with Gasteiger partial charge in [-0.25, -0.2) is 0 Å². The minimum atomic E-state index is 0.511. The quantitative estimate of drug-likeness (QED) is 0.339. The third kappa shape index (κ3) is 1.73. The minimum Gasteiger partial charge on any atom is -0.411 e. The fourth-order valence-electron chi connectivity index (χ4n) is 1.74. The molecule has 0 aliphatic heterocycles. The van der Waals surface area contributed by atoms with E-state index in [1.54, 1.807) is 0 Å². The first-order valence-corrected chi connectivity index (χ1v) is 4.75. The van der Waals surface area contributed by atoms with Gasteiger partial charge in [0.25, 0.3) is 0 Å². The molecule has 0 spiro atoms. The number of fused-ring (bicyclic) bond motifs is 1. The molecular formula is C12H10BNO. The van der Waals surface area contributed by atoms with Gasteiger partial charge >= 0.3 is 0 Å². The van der Waals surface area contributed by atoms with Crippen molar-refractivity contribution < 1.29 is 5.21 Å². The van der Waals surface area contributed by atoms with E-state index in [2.05, 4.69) is 5.16 Å². The molecule has 2 radical (unpaired) electrons. The summed E-state index contributed by atoms with van der Waals surface area (Å²) in [7, 11) is 5.66. The van der Waals surface area contributed by atoms with Crippen LogP contribution in [-0.2, 0) is 6.32 Å². The summed E-state index contributed by atoms with van der Waals surface area (Å²) in [5.41, 5.74) is 1.99. The van der Waals surface area contributed by atoms with Gasteiger partial charge in [-0.2, -0.15) is 0 Å². The molecule has 1 N–H and O–H groups in total. The van der Waals surface area contributed by atoms with Crippen molar-refractivity contribution in [1.82, 2.24) is 0 Å². The predicted molar refractivity (Wildman–Crippen MR) is 62.8 cm³/mol. The molecular weight excluding hydrogens is 185 g/mol. The third-order valence-electron chi connectivity index (χ3n) is 2.46. The minimum absolute atomic E-state index is 0.511. The van der Waals surface area contributed by atoms with Crippen LogP contribution in [0.5, 0.6) is 0 Å². The summed E-state index contributed by atoms with van der Waals surface area (Å²) in [5.74, 6) is 0. The van der Waals surface area contributed by atoms with E-state index < -0.39 is 0 Å². The van der Waals surface area contributed by atoms with Gasteiger partial charge in [0.1, 0.15) is 0 Å². The lowest BCUT2D eigenvalue weighted by atomic mass is 9.91. The lowest BCUT2D eigenvalue weighted by molar-refractivity contribution is 0.322. The van der Waals surface area contributed by atoms with Gasteiger partial charge in [0.05, 0.1) is 14.1 Å². The van der Waals surface area contributed by atoms with Gasteiger partial charge in [-0.3, -0.25) is 0 Å². The summed E-state index contributed by atoms with van der Waals surface area (Å²) in [4.78, 5) is 0. The Morgan fingerprint density at radius 1 is 1.13 bits per heavy atom. The monoisotopic (exact) mass is 195 g/mol. The zero-order valence-electron chi connectivity index (χ0n) is 8.22. The number of rotatable bonds is 2. The van der Waals surface area contributed by atoms with Crippen LogP contribution in [0.25, 0.3) is 10.8 Å². The molecule has 0 amide bonds. The Labute approximate surface area is 89.6 Å². The number of hydrogen-bond donors (Lipinski definition) is 1. The Bertz CT molecular complexity index is 508. The molecule has 0 heterocycles. The molecule has 0 aromatic heterocycles. The van der Waals surface area contributed by atoms with Crippen LogP contribution in [0.15, 0.2) is 41.6 Å². The number of benzene rings is 2. The van der Waals surface area contributed by atoms with Crippen LogP contribution in [0.4, 0.5) is 0 Å².